The first-order valence-electron chi connectivity index (χ1n) is 14.7. The van der Waals surface area contributed by atoms with Crippen molar-refractivity contribution < 1.29 is 0 Å². The molecule has 1 aliphatic rings. The van der Waals surface area contributed by atoms with Gasteiger partial charge in [0.15, 0.2) is 5.82 Å². The Balaban J connectivity index is 1.46. The van der Waals surface area contributed by atoms with E-state index in [1.165, 1.54) is 54.6 Å². The van der Waals surface area contributed by atoms with Gasteiger partial charge in [-0.05, 0) is 68.7 Å². The molecule has 0 N–H and O–H groups in total. The van der Waals surface area contributed by atoms with Gasteiger partial charge in [-0.15, -0.1) is 0 Å². The van der Waals surface area contributed by atoms with Crippen LogP contribution in [0.2, 0.25) is 0 Å². The molecular weight excluding hydrogens is 522 g/mol. The van der Waals surface area contributed by atoms with Crippen molar-refractivity contribution in [1.29, 1.82) is 0 Å². The van der Waals surface area contributed by atoms with Crippen LogP contribution in [0.4, 0.5) is 0 Å². The highest BCUT2D eigenvalue weighted by Crippen LogP contribution is 2.51. The molecule has 3 heteroatoms. The lowest BCUT2D eigenvalue weighted by Crippen LogP contribution is -2.03. The molecular formula is C40H23N3. The summed E-state index contributed by atoms with van der Waals surface area (Å²) in [5.74, 6) is 0.845. The van der Waals surface area contributed by atoms with Gasteiger partial charge in [0.25, 0.3) is 0 Å². The molecule has 0 bridgehead atoms. The van der Waals surface area contributed by atoms with E-state index in [2.05, 4.69) is 120 Å². The molecule has 198 valence electrons. The molecule has 2 heterocycles. The Labute approximate surface area is 247 Å². The van der Waals surface area contributed by atoms with Crippen LogP contribution in [0.5, 0.6) is 0 Å². The first kappa shape index (κ1) is 22.8. The third kappa shape index (κ3) is 3.03. The molecule has 2 aromatic heterocycles. The molecule has 0 saturated carbocycles. The SMILES string of the molecule is c1ccc(-c2nc3ccccc3nc2-n2c3cccc4c3c3c5c(cc6ccccc6c5ccc32)-c2ccccc2-4)cc1. The summed E-state index contributed by atoms with van der Waals surface area (Å²) in [5.41, 5.74) is 11.0. The Morgan fingerprint density at radius 3 is 1.95 bits per heavy atom. The largest absolute Gasteiger partial charge is 0.292 e. The molecule has 3 nitrogen and oxygen atoms in total. The van der Waals surface area contributed by atoms with Crippen LogP contribution in [0, 0.1) is 0 Å². The van der Waals surface area contributed by atoms with Gasteiger partial charge < -0.3 is 0 Å². The molecule has 0 spiro atoms. The van der Waals surface area contributed by atoms with Gasteiger partial charge in [-0.2, -0.15) is 0 Å². The van der Waals surface area contributed by atoms with Crippen molar-refractivity contribution in [3.63, 3.8) is 0 Å². The monoisotopic (exact) mass is 545 g/mol. The van der Waals surface area contributed by atoms with Gasteiger partial charge in [0.05, 0.1) is 22.1 Å². The van der Waals surface area contributed by atoms with Gasteiger partial charge in [-0.3, -0.25) is 4.57 Å². The van der Waals surface area contributed by atoms with Crippen molar-refractivity contribution in [1.82, 2.24) is 14.5 Å². The molecule has 0 unspecified atom stereocenters. The minimum atomic E-state index is 0.845. The van der Waals surface area contributed by atoms with Crippen LogP contribution >= 0.6 is 0 Å². The highest BCUT2D eigenvalue weighted by molar-refractivity contribution is 6.33. The number of aromatic nitrogens is 3. The summed E-state index contributed by atoms with van der Waals surface area (Å²) in [4.78, 5) is 10.6. The standard InChI is InChI=1S/C40H23N3/c1-2-11-24(12-3-1)39-40(42-33-19-9-8-18-32(33)41-39)43-34-20-10-17-29-27-15-6-7-16-28(27)31-23-25-13-4-5-14-26(25)30-21-22-35(43)38(36(30)31)37(29)34/h1-23H. The minimum Gasteiger partial charge on any atom is -0.292 e. The molecule has 1 aliphatic carbocycles. The number of hydrogen-bond acceptors (Lipinski definition) is 2. The summed E-state index contributed by atoms with van der Waals surface area (Å²) in [6, 6.07) is 49.9. The van der Waals surface area contributed by atoms with E-state index in [0.29, 0.717) is 0 Å². The van der Waals surface area contributed by atoms with E-state index in [1.54, 1.807) is 0 Å². The fraction of sp³-hybridized carbons (Fsp3) is 0. The number of rotatable bonds is 2. The van der Waals surface area contributed by atoms with E-state index in [0.717, 1.165) is 39.1 Å². The van der Waals surface area contributed by atoms with Crippen LogP contribution in [0.25, 0.3) is 93.7 Å². The molecule has 0 amide bonds. The Morgan fingerprint density at radius 1 is 0.419 bits per heavy atom. The summed E-state index contributed by atoms with van der Waals surface area (Å²) in [6.07, 6.45) is 0. The minimum absolute atomic E-state index is 0.845. The summed E-state index contributed by atoms with van der Waals surface area (Å²) in [5, 5.41) is 7.64. The number of benzene rings is 7. The van der Waals surface area contributed by atoms with E-state index in [-0.39, 0.29) is 0 Å². The van der Waals surface area contributed by atoms with Crippen molar-refractivity contribution in [2.75, 3.05) is 0 Å². The van der Waals surface area contributed by atoms with Gasteiger partial charge in [-0.1, -0.05) is 109 Å². The van der Waals surface area contributed by atoms with Crippen molar-refractivity contribution in [2.24, 2.45) is 0 Å². The summed E-state index contributed by atoms with van der Waals surface area (Å²) in [6.45, 7) is 0. The second-order valence-electron chi connectivity index (χ2n) is 11.4. The van der Waals surface area contributed by atoms with Crippen molar-refractivity contribution in [3.05, 3.63) is 140 Å². The predicted molar refractivity (Wildman–Crippen MR) is 179 cm³/mol. The van der Waals surface area contributed by atoms with Crippen LogP contribution in [0.3, 0.4) is 0 Å². The normalized spacial score (nSPS) is 12.2. The van der Waals surface area contributed by atoms with E-state index in [1.807, 2.05) is 24.3 Å². The maximum absolute atomic E-state index is 5.34. The molecule has 0 aliphatic heterocycles. The Hall–Kier alpha value is -5.80. The molecule has 0 radical (unpaired) electrons. The van der Waals surface area contributed by atoms with Crippen molar-refractivity contribution in [3.8, 4) is 39.3 Å². The smallest absolute Gasteiger partial charge is 0.165 e. The zero-order chi connectivity index (χ0) is 28.1. The van der Waals surface area contributed by atoms with Gasteiger partial charge in [-0.25, -0.2) is 9.97 Å². The summed E-state index contributed by atoms with van der Waals surface area (Å²) >= 11 is 0. The number of hydrogen-bond donors (Lipinski definition) is 0. The third-order valence-electron chi connectivity index (χ3n) is 9.10. The molecule has 9 aromatic rings. The van der Waals surface area contributed by atoms with E-state index in [9.17, 15) is 0 Å². The molecule has 43 heavy (non-hydrogen) atoms. The lowest BCUT2D eigenvalue weighted by molar-refractivity contribution is 1.08. The highest BCUT2D eigenvalue weighted by atomic mass is 15.1. The molecule has 7 aromatic carbocycles. The van der Waals surface area contributed by atoms with Crippen LogP contribution < -0.4 is 0 Å². The topological polar surface area (TPSA) is 30.7 Å². The maximum Gasteiger partial charge on any atom is 0.165 e. The average Bonchev–Trinajstić information content (AvgIpc) is 3.36. The first-order chi connectivity index (χ1) is 21.3. The number of para-hydroxylation sites is 2. The van der Waals surface area contributed by atoms with E-state index < -0.39 is 0 Å². The lowest BCUT2D eigenvalue weighted by atomic mass is 9.90. The molecule has 0 saturated heterocycles. The van der Waals surface area contributed by atoms with Crippen molar-refractivity contribution in [2.45, 2.75) is 0 Å². The molecule has 0 fully saturated rings. The van der Waals surface area contributed by atoms with Gasteiger partial charge in [0, 0.05) is 21.7 Å². The first-order valence-corrected chi connectivity index (χ1v) is 14.7. The zero-order valence-corrected chi connectivity index (χ0v) is 23.1. The van der Waals surface area contributed by atoms with Crippen LogP contribution in [0.1, 0.15) is 0 Å². The average molecular weight is 546 g/mol. The molecule has 0 atom stereocenters. The maximum atomic E-state index is 5.34. The third-order valence-corrected chi connectivity index (χ3v) is 9.10. The number of nitrogens with zero attached hydrogens (tertiary/aromatic N) is 3. The Morgan fingerprint density at radius 2 is 1.09 bits per heavy atom. The second kappa shape index (κ2) is 8.37. The Kier molecular flexibility index (Phi) is 4.45. The lowest BCUT2D eigenvalue weighted by Gasteiger charge is -2.16. The number of fused-ring (bicyclic) bond motifs is 6. The summed E-state index contributed by atoms with van der Waals surface area (Å²) in [7, 11) is 0. The predicted octanol–water partition coefficient (Wildman–Crippen LogP) is 10.3. The van der Waals surface area contributed by atoms with E-state index in [4.69, 9.17) is 9.97 Å². The van der Waals surface area contributed by atoms with E-state index >= 15 is 0 Å². The van der Waals surface area contributed by atoms with Crippen LogP contribution in [-0.2, 0) is 0 Å². The fourth-order valence-corrected chi connectivity index (χ4v) is 7.30. The quantitative estimate of drug-likeness (QED) is 0.202. The molecule has 10 rings (SSSR count). The van der Waals surface area contributed by atoms with Crippen molar-refractivity contribution >= 4 is 54.4 Å². The fourth-order valence-electron chi connectivity index (χ4n) is 7.30. The zero-order valence-electron chi connectivity index (χ0n) is 23.1. The summed E-state index contributed by atoms with van der Waals surface area (Å²) < 4.78 is 2.35. The second-order valence-corrected chi connectivity index (χ2v) is 11.4. The highest BCUT2D eigenvalue weighted by Gasteiger charge is 2.27. The van der Waals surface area contributed by atoms with Gasteiger partial charge in [0.1, 0.15) is 5.69 Å². The van der Waals surface area contributed by atoms with Crippen LogP contribution in [0.15, 0.2) is 140 Å². The van der Waals surface area contributed by atoms with Gasteiger partial charge in [0.2, 0.25) is 0 Å². The van der Waals surface area contributed by atoms with Gasteiger partial charge >= 0.3 is 0 Å². The van der Waals surface area contributed by atoms with Crippen LogP contribution in [-0.4, -0.2) is 14.5 Å². The Bertz CT molecular complexity index is 2610.